The zero-order valence-electron chi connectivity index (χ0n) is 18.6. The first-order chi connectivity index (χ1) is 15.0. The summed E-state index contributed by atoms with van der Waals surface area (Å²) in [5, 5.41) is 7.12. The maximum Gasteiger partial charge on any atom is 0.490 e. The molecule has 32 heavy (non-hydrogen) atoms. The molecule has 1 saturated carbocycles. The van der Waals surface area contributed by atoms with Gasteiger partial charge in [0.2, 0.25) is 0 Å². The van der Waals surface area contributed by atoms with Gasteiger partial charge in [-0.15, -0.1) is 0 Å². The van der Waals surface area contributed by atoms with Gasteiger partial charge in [0.05, 0.1) is 12.6 Å². The van der Waals surface area contributed by atoms with Crippen LogP contribution in [0.1, 0.15) is 42.6 Å². The van der Waals surface area contributed by atoms with Gasteiger partial charge in [-0.05, 0) is 68.7 Å². The van der Waals surface area contributed by atoms with Crippen LogP contribution in [-0.4, -0.2) is 83.5 Å². The Morgan fingerprint density at radius 2 is 1.88 bits per heavy atom. The van der Waals surface area contributed by atoms with E-state index < -0.39 is 12.1 Å². The van der Waals surface area contributed by atoms with E-state index in [0.29, 0.717) is 12.0 Å². The molecule has 1 aromatic rings. The molecule has 2 saturated heterocycles. The minimum absolute atomic E-state index is 0.159. The number of halogens is 3. The molecule has 10 heteroatoms. The monoisotopic (exact) mass is 459 g/mol. The van der Waals surface area contributed by atoms with Crippen LogP contribution < -0.4 is 0 Å². The molecule has 4 rings (SSSR count). The molecule has 1 N–H and O–H groups in total. The number of carboxylic acids is 1. The normalized spacial score (nSPS) is 23.2. The molecule has 1 aliphatic carbocycles. The number of nitrogens with zero attached hydrogens (tertiary/aromatic N) is 3. The Bertz CT molecular complexity index is 799. The fourth-order valence-corrected chi connectivity index (χ4v) is 4.81. The van der Waals surface area contributed by atoms with Gasteiger partial charge >= 0.3 is 12.1 Å². The second kappa shape index (κ2) is 9.82. The number of aliphatic carboxylic acids is 1. The SMILES string of the molecule is COCC1CC2(CCN(CC3CC3)CC2)CN1C(=O)c1cccn1C.O=C(O)C(F)(F)F. The van der Waals surface area contributed by atoms with Gasteiger partial charge in [-0.2, -0.15) is 13.2 Å². The zero-order chi connectivity index (χ0) is 23.5. The van der Waals surface area contributed by atoms with Crippen molar-refractivity contribution in [3.05, 3.63) is 24.0 Å². The molecule has 1 amide bonds. The fraction of sp³-hybridized carbons (Fsp3) is 0.727. The number of aryl methyl sites for hydroxylation is 1. The number of carbonyl (C=O) groups excluding carboxylic acids is 1. The summed E-state index contributed by atoms with van der Waals surface area (Å²) in [5.41, 5.74) is 1.08. The molecular formula is C22H32F3N3O4. The number of piperidine rings is 1. The summed E-state index contributed by atoms with van der Waals surface area (Å²) in [5.74, 6) is -1.63. The van der Waals surface area contributed by atoms with Crippen molar-refractivity contribution in [1.82, 2.24) is 14.4 Å². The minimum Gasteiger partial charge on any atom is -0.475 e. The number of methoxy groups -OCH3 is 1. The Morgan fingerprint density at radius 3 is 2.34 bits per heavy atom. The maximum atomic E-state index is 13.1. The number of carboxylic acid groups (broad SMARTS) is 1. The van der Waals surface area contributed by atoms with Crippen LogP contribution in [0, 0.1) is 11.3 Å². The minimum atomic E-state index is -5.08. The standard InChI is InChI=1S/C20H31N3O2.C2HF3O2/c1-21-9-3-4-18(21)19(24)23-15-20(12-17(23)14-25-2)7-10-22(11-8-20)13-16-5-6-16;3-2(4,5)1(6)7/h3-4,9,16-17H,5-8,10-15H2,1-2H3;(H,6,7). The van der Waals surface area contributed by atoms with Crippen molar-refractivity contribution in [1.29, 1.82) is 0 Å². The topological polar surface area (TPSA) is 75.0 Å². The van der Waals surface area contributed by atoms with Crippen LogP contribution in [-0.2, 0) is 16.6 Å². The van der Waals surface area contributed by atoms with E-state index in [9.17, 15) is 18.0 Å². The molecular weight excluding hydrogens is 427 g/mol. The first-order valence-electron chi connectivity index (χ1n) is 11.0. The van der Waals surface area contributed by atoms with E-state index >= 15 is 0 Å². The Labute approximate surface area is 186 Å². The van der Waals surface area contributed by atoms with Gasteiger partial charge in [0.25, 0.3) is 5.91 Å². The summed E-state index contributed by atoms with van der Waals surface area (Å²) in [6.45, 7) is 5.22. The smallest absolute Gasteiger partial charge is 0.475 e. The van der Waals surface area contributed by atoms with Crippen LogP contribution in [0.3, 0.4) is 0 Å². The van der Waals surface area contributed by atoms with Crippen molar-refractivity contribution in [2.45, 2.75) is 44.3 Å². The summed E-state index contributed by atoms with van der Waals surface area (Å²) in [7, 11) is 3.69. The van der Waals surface area contributed by atoms with Crippen molar-refractivity contribution < 1.29 is 32.6 Å². The van der Waals surface area contributed by atoms with Crippen LogP contribution in [0.2, 0.25) is 0 Å². The van der Waals surface area contributed by atoms with Gasteiger partial charge in [-0.1, -0.05) is 0 Å². The number of alkyl halides is 3. The Balaban J connectivity index is 0.000000360. The van der Waals surface area contributed by atoms with Gasteiger partial charge in [-0.25, -0.2) is 4.79 Å². The highest BCUT2D eigenvalue weighted by Crippen LogP contribution is 2.44. The molecule has 1 atom stereocenters. The average Bonchev–Trinajstić information content (AvgIpc) is 3.33. The van der Waals surface area contributed by atoms with E-state index in [1.54, 1.807) is 7.11 Å². The highest BCUT2D eigenvalue weighted by atomic mass is 19.4. The number of rotatable bonds is 5. The van der Waals surface area contributed by atoms with Gasteiger partial charge in [0.15, 0.2) is 0 Å². The van der Waals surface area contributed by atoms with Crippen molar-refractivity contribution >= 4 is 11.9 Å². The predicted octanol–water partition coefficient (Wildman–Crippen LogP) is 3.01. The Hall–Kier alpha value is -2.07. The number of hydrogen-bond acceptors (Lipinski definition) is 4. The Morgan fingerprint density at radius 1 is 1.25 bits per heavy atom. The second-order valence-corrected chi connectivity index (χ2v) is 9.30. The maximum absolute atomic E-state index is 13.1. The van der Waals surface area contributed by atoms with Gasteiger partial charge in [-0.3, -0.25) is 4.79 Å². The lowest BCUT2D eigenvalue weighted by molar-refractivity contribution is -0.192. The highest BCUT2D eigenvalue weighted by molar-refractivity contribution is 5.93. The molecule has 0 aromatic carbocycles. The predicted molar refractivity (Wildman–Crippen MR) is 111 cm³/mol. The first kappa shape index (κ1) is 24.6. The van der Waals surface area contributed by atoms with E-state index in [1.807, 2.05) is 29.9 Å². The molecule has 0 radical (unpaired) electrons. The van der Waals surface area contributed by atoms with Crippen molar-refractivity contribution in [2.75, 3.05) is 39.9 Å². The van der Waals surface area contributed by atoms with Crippen molar-refractivity contribution in [3.63, 3.8) is 0 Å². The molecule has 3 heterocycles. The number of likely N-dealkylation sites (tertiary alicyclic amines) is 2. The summed E-state index contributed by atoms with van der Waals surface area (Å²) in [6, 6.07) is 4.08. The van der Waals surface area contributed by atoms with Crippen molar-refractivity contribution in [3.8, 4) is 0 Å². The lowest BCUT2D eigenvalue weighted by atomic mass is 9.76. The molecule has 180 valence electrons. The first-order valence-corrected chi connectivity index (χ1v) is 11.0. The van der Waals surface area contributed by atoms with Crippen LogP contribution in [0.5, 0.6) is 0 Å². The molecule has 3 fully saturated rings. The van der Waals surface area contributed by atoms with Crippen molar-refractivity contribution in [2.24, 2.45) is 18.4 Å². The summed E-state index contributed by atoms with van der Waals surface area (Å²) < 4.78 is 39.1. The Kier molecular flexibility index (Phi) is 7.54. The van der Waals surface area contributed by atoms with Crippen LogP contribution in [0.15, 0.2) is 18.3 Å². The third-order valence-corrected chi connectivity index (χ3v) is 6.77. The second-order valence-electron chi connectivity index (χ2n) is 9.30. The van der Waals surface area contributed by atoms with Crippen LogP contribution in [0.4, 0.5) is 13.2 Å². The summed E-state index contributed by atoms with van der Waals surface area (Å²) in [6.07, 6.45) is 3.25. The molecule has 1 aromatic heterocycles. The molecule has 2 aliphatic heterocycles. The lowest BCUT2D eigenvalue weighted by Gasteiger charge is -2.39. The quantitative estimate of drug-likeness (QED) is 0.733. The summed E-state index contributed by atoms with van der Waals surface area (Å²) in [4.78, 5) is 26.7. The number of aromatic nitrogens is 1. The largest absolute Gasteiger partial charge is 0.490 e. The molecule has 3 aliphatic rings. The van der Waals surface area contributed by atoms with Gasteiger partial charge in [0.1, 0.15) is 5.69 Å². The third-order valence-electron chi connectivity index (χ3n) is 6.77. The lowest BCUT2D eigenvalue weighted by Crippen LogP contribution is -2.43. The van der Waals surface area contributed by atoms with Gasteiger partial charge in [0, 0.05) is 33.4 Å². The fourth-order valence-electron chi connectivity index (χ4n) is 4.81. The number of carbonyl (C=O) groups is 2. The molecule has 7 nitrogen and oxygen atoms in total. The van der Waals surface area contributed by atoms with Gasteiger partial charge < -0.3 is 24.2 Å². The zero-order valence-corrected chi connectivity index (χ0v) is 18.6. The number of hydrogen-bond donors (Lipinski definition) is 1. The van der Waals surface area contributed by atoms with E-state index in [2.05, 4.69) is 9.80 Å². The van der Waals surface area contributed by atoms with E-state index in [4.69, 9.17) is 14.6 Å². The van der Waals surface area contributed by atoms with E-state index in [1.165, 1.54) is 45.3 Å². The molecule has 1 unspecified atom stereocenters. The van der Waals surface area contributed by atoms with Crippen LogP contribution in [0.25, 0.3) is 0 Å². The highest BCUT2D eigenvalue weighted by Gasteiger charge is 2.47. The third kappa shape index (κ3) is 6.04. The van der Waals surface area contributed by atoms with E-state index in [-0.39, 0.29) is 11.9 Å². The molecule has 0 bridgehead atoms. The number of amides is 1. The van der Waals surface area contributed by atoms with Crippen LogP contribution >= 0.6 is 0 Å². The number of ether oxygens (including phenoxy) is 1. The van der Waals surface area contributed by atoms with E-state index in [0.717, 1.165) is 24.6 Å². The molecule has 1 spiro atoms. The summed E-state index contributed by atoms with van der Waals surface area (Å²) >= 11 is 0. The average molecular weight is 460 g/mol.